The molecule has 0 atom stereocenters. The number of amidine groups is 1. The van der Waals surface area contributed by atoms with Crippen molar-refractivity contribution in [1.82, 2.24) is 0 Å². The molecule has 0 aliphatic heterocycles. The van der Waals surface area contributed by atoms with Gasteiger partial charge in [0.15, 0.2) is 0 Å². The maximum atomic E-state index is 12.3. The first-order valence-corrected chi connectivity index (χ1v) is 6.66. The van der Waals surface area contributed by atoms with Gasteiger partial charge in [-0.3, -0.25) is 19.9 Å². The van der Waals surface area contributed by atoms with Gasteiger partial charge in [0.25, 0.3) is 5.91 Å². The summed E-state index contributed by atoms with van der Waals surface area (Å²) in [7, 11) is 0. The van der Waals surface area contributed by atoms with Crippen LogP contribution in [-0.4, -0.2) is 29.4 Å². The molecule has 118 valence electrons. The van der Waals surface area contributed by atoms with Crippen LogP contribution in [-0.2, 0) is 9.59 Å². The van der Waals surface area contributed by atoms with E-state index in [1.54, 1.807) is 24.3 Å². The number of anilines is 1. The molecule has 0 unspecified atom stereocenters. The summed E-state index contributed by atoms with van der Waals surface area (Å²) in [6, 6.07) is 9.54. The average molecular weight is 313 g/mol. The van der Waals surface area contributed by atoms with Gasteiger partial charge in [0.05, 0.1) is 6.26 Å². The minimum Gasteiger partial charge on any atom is -0.480 e. The summed E-state index contributed by atoms with van der Waals surface area (Å²) in [6.45, 7) is -0.485. The van der Waals surface area contributed by atoms with Crippen LogP contribution in [0.4, 0.5) is 5.69 Å². The molecule has 0 saturated heterocycles. The zero-order chi connectivity index (χ0) is 16.8. The van der Waals surface area contributed by atoms with Crippen LogP contribution in [0.15, 0.2) is 53.2 Å². The van der Waals surface area contributed by atoms with Crippen molar-refractivity contribution in [2.45, 2.75) is 0 Å². The Balaban J connectivity index is 2.23. The Labute approximate surface area is 132 Å². The molecule has 2 rings (SSSR count). The Kier molecular flexibility index (Phi) is 4.93. The molecule has 4 N–H and O–H groups in total. The molecule has 2 aromatic rings. The van der Waals surface area contributed by atoms with Crippen LogP contribution in [0, 0.1) is 5.41 Å². The van der Waals surface area contributed by atoms with E-state index in [9.17, 15) is 9.59 Å². The summed E-state index contributed by atoms with van der Waals surface area (Å²) in [6.07, 6.45) is 4.17. The Bertz CT molecular complexity index is 733. The third-order valence-corrected chi connectivity index (χ3v) is 2.98. The molecule has 1 aromatic heterocycles. The lowest BCUT2D eigenvalue weighted by Gasteiger charge is -2.19. The smallest absolute Gasteiger partial charge is 0.323 e. The van der Waals surface area contributed by atoms with E-state index in [4.69, 9.17) is 20.7 Å². The molecular weight excluding hydrogens is 298 g/mol. The van der Waals surface area contributed by atoms with E-state index in [1.807, 2.05) is 0 Å². The monoisotopic (exact) mass is 313 g/mol. The molecule has 23 heavy (non-hydrogen) atoms. The minimum atomic E-state index is -1.14. The van der Waals surface area contributed by atoms with Crippen LogP contribution in [0.1, 0.15) is 11.3 Å². The predicted octanol–water partition coefficient (Wildman–Crippen LogP) is 1.69. The number of carbonyl (C=O) groups is 2. The number of carbonyl (C=O) groups excluding carboxylic acids is 1. The second-order valence-corrected chi connectivity index (χ2v) is 4.63. The summed E-state index contributed by atoms with van der Waals surface area (Å²) >= 11 is 0. The van der Waals surface area contributed by atoms with E-state index in [0.29, 0.717) is 17.0 Å². The number of furan rings is 1. The Hall–Kier alpha value is -3.35. The van der Waals surface area contributed by atoms with E-state index in [1.165, 1.54) is 30.5 Å². The molecule has 7 heteroatoms. The molecule has 0 spiro atoms. The van der Waals surface area contributed by atoms with Gasteiger partial charge in [-0.25, -0.2) is 0 Å². The number of aliphatic carboxylic acids is 1. The average Bonchev–Trinajstić information content (AvgIpc) is 3.03. The van der Waals surface area contributed by atoms with Crippen LogP contribution in [0.25, 0.3) is 6.08 Å². The highest BCUT2D eigenvalue weighted by molar-refractivity contribution is 6.06. The molecule has 0 bridgehead atoms. The largest absolute Gasteiger partial charge is 0.480 e. The zero-order valence-corrected chi connectivity index (χ0v) is 12.1. The Morgan fingerprint density at radius 3 is 2.48 bits per heavy atom. The molecule has 0 radical (unpaired) electrons. The summed E-state index contributed by atoms with van der Waals surface area (Å²) in [4.78, 5) is 24.4. The summed E-state index contributed by atoms with van der Waals surface area (Å²) < 4.78 is 5.08. The third-order valence-electron chi connectivity index (χ3n) is 2.98. The Morgan fingerprint density at radius 1 is 1.26 bits per heavy atom. The molecule has 1 amide bonds. The molecule has 0 aliphatic carbocycles. The number of nitrogen functional groups attached to an aromatic ring is 1. The molecule has 0 aliphatic rings. The Morgan fingerprint density at radius 2 is 1.96 bits per heavy atom. The van der Waals surface area contributed by atoms with Crippen LogP contribution in [0.5, 0.6) is 0 Å². The fourth-order valence-corrected chi connectivity index (χ4v) is 1.88. The molecule has 1 heterocycles. The number of benzene rings is 1. The van der Waals surface area contributed by atoms with Crippen molar-refractivity contribution in [3.8, 4) is 0 Å². The van der Waals surface area contributed by atoms with Gasteiger partial charge >= 0.3 is 5.97 Å². The molecule has 0 saturated carbocycles. The number of amides is 1. The van der Waals surface area contributed by atoms with E-state index < -0.39 is 18.4 Å². The standard InChI is InChI=1S/C16H15N3O4/c17-16(18)11-3-5-12(6-4-11)19(10-15(21)22)14(20)8-7-13-2-1-9-23-13/h1-9H,10H2,(H3,17,18)(H,21,22). The number of carboxylic acids is 1. The van der Waals surface area contributed by atoms with Gasteiger partial charge in [0.2, 0.25) is 0 Å². The molecule has 0 fully saturated rings. The van der Waals surface area contributed by atoms with Crippen LogP contribution in [0.3, 0.4) is 0 Å². The number of nitrogens with zero attached hydrogens (tertiary/aromatic N) is 1. The summed E-state index contributed by atoms with van der Waals surface area (Å²) in [5.41, 5.74) is 6.25. The fourth-order valence-electron chi connectivity index (χ4n) is 1.88. The van der Waals surface area contributed by atoms with Gasteiger partial charge in [0.1, 0.15) is 18.1 Å². The van der Waals surface area contributed by atoms with Gasteiger partial charge in [-0.2, -0.15) is 0 Å². The second kappa shape index (κ2) is 7.08. The lowest BCUT2D eigenvalue weighted by molar-refractivity contribution is -0.136. The van der Waals surface area contributed by atoms with Crippen molar-refractivity contribution in [3.05, 3.63) is 60.1 Å². The van der Waals surface area contributed by atoms with Gasteiger partial charge < -0.3 is 15.3 Å². The van der Waals surface area contributed by atoms with Gasteiger partial charge in [-0.1, -0.05) is 0 Å². The highest BCUT2D eigenvalue weighted by Crippen LogP contribution is 2.16. The topological polar surface area (TPSA) is 121 Å². The zero-order valence-electron chi connectivity index (χ0n) is 12.1. The number of carboxylic acid groups (broad SMARTS) is 1. The third kappa shape index (κ3) is 4.31. The number of nitrogens with two attached hydrogens (primary N) is 1. The van der Waals surface area contributed by atoms with Gasteiger partial charge in [-0.15, -0.1) is 0 Å². The fraction of sp³-hybridized carbons (Fsp3) is 0.0625. The van der Waals surface area contributed by atoms with Gasteiger partial charge in [-0.05, 0) is 42.5 Å². The van der Waals surface area contributed by atoms with Crippen LogP contribution in [0.2, 0.25) is 0 Å². The van der Waals surface area contributed by atoms with Crippen LogP contribution < -0.4 is 10.6 Å². The first-order valence-electron chi connectivity index (χ1n) is 6.66. The number of nitrogens with one attached hydrogen (secondary N) is 1. The first kappa shape index (κ1) is 16.0. The second-order valence-electron chi connectivity index (χ2n) is 4.63. The maximum Gasteiger partial charge on any atom is 0.323 e. The van der Waals surface area contributed by atoms with E-state index >= 15 is 0 Å². The van der Waals surface area contributed by atoms with E-state index in [2.05, 4.69) is 0 Å². The minimum absolute atomic E-state index is 0.106. The first-order chi connectivity index (χ1) is 11.0. The van der Waals surface area contributed by atoms with Crippen LogP contribution >= 0.6 is 0 Å². The van der Waals surface area contributed by atoms with Crippen molar-refractivity contribution in [2.75, 3.05) is 11.4 Å². The molecule has 1 aromatic carbocycles. The van der Waals surface area contributed by atoms with Crippen molar-refractivity contribution in [3.63, 3.8) is 0 Å². The predicted molar refractivity (Wildman–Crippen MR) is 85.2 cm³/mol. The van der Waals surface area contributed by atoms with Gasteiger partial charge in [0, 0.05) is 17.3 Å². The number of hydrogen-bond donors (Lipinski definition) is 3. The van der Waals surface area contributed by atoms with Crippen molar-refractivity contribution in [2.24, 2.45) is 5.73 Å². The summed E-state index contributed by atoms with van der Waals surface area (Å²) in [5, 5.41) is 16.3. The molecule has 7 nitrogen and oxygen atoms in total. The lowest BCUT2D eigenvalue weighted by Crippen LogP contribution is -2.34. The van der Waals surface area contributed by atoms with E-state index in [-0.39, 0.29) is 5.84 Å². The van der Waals surface area contributed by atoms with E-state index in [0.717, 1.165) is 4.90 Å². The molecular formula is C16H15N3O4. The van der Waals surface area contributed by atoms with Crippen molar-refractivity contribution >= 4 is 29.5 Å². The van der Waals surface area contributed by atoms with Crippen molar-refractivity contribution in [1.29, 1.82) is 5.41 Å². The maximum absolute atomic E-state index is 12.3. The highest BCUT2D eigenvalue weighted by atomic mass is 16.4. The lowest BCUT2D eigenvalue weighted by atomic mass is 10.1. The van der Waals surface area contributed by atoms with Crippen molar-refractivity contribution < 1.29 is 19.1 Å². The summed E-state index contributed by atoms with van der Waals surface area (Å²) in [5.74, 6) is -1.26. The SMILES string of the molecule is N=C(N)c1ccc(N(CC(=O)O)C(=O)C=Cc2ccco2)cc1. The quantitative estimate of drug-likeness (QED) is 0.426. The normalized spacial score (nSPS) is 10.6. The number of rotatable bonds is 6. The number of hydrogen-bond acceptors (Lipinski definition) is 4. The highest BCUT2D eigenvalue weighted by Gasteiger charge is 2.17.